The Bertz CT molecular complexity index is 4310. The highest BCUT2D eigenvalue weighted by molar-refractivity contribution is 5.98. The summed E-state index contributed by atoms with van der Waals surface area (Å²) in [7, 11) is 0. The topological polar surface area (TPSA) is 307 Å². The first-order valence-electron chi connectivity index (χ1n) is 32.1. The van der Waals surface area contributed by atoms with Crippen LogP contribution in [0.25, 0.3) is 44.6 Å². The van der Waals surface area contributed by atoms with E-state index < -0.39 is 47.2 Å². The Labute approximate surface area is 539 Å². The number of fused-ring (bicyclic) bond motifs is 10. The number of nitrogens with two attached hydrogens (primary N) is 1. The Hall–Kier alpha value is -8.55. The van der Waals surface area contributed by atoms with Crippen molar-refractivity contribution >= 4 is 62.9 Å². The maximum absolute atomic E-state index is 13.7. The van der Waals surface area contributed by atoms with Gasteiger partial charge in [0.25, 0.3) is 11.1 Å². The molecule has 6 N–H and O–H groups in total. The van der Waals surface area contributed by atoms with Crippen molar-refractivity contribution in [3.63, 3.8) is 0 Å². The number of aromatic nitrogens is 4. The van der Waals surface area contributed by atoms with Gasteiger partial charge >= 0.3 is 11.9 Å². The highest BCUT2D eigenvalue weighted by Crippen LogP contribution is 2.45. The van der Waals surface area contributed by atoms with Gasteiger partial charge in [-0.25, -0.2) is 19.6 Å². The van der Waals surface area contributed by atoms with Crippen LogP contribution >= 0.6 is 0 Å². The summed E-state index contributed by atoms with van der Waals surface area (Å²) in [5.41, 5.74) is 14.8. The van der Waals surface area contributed by atoms with E-state index in [4.69, 9.17) is 36.3 Å². The molecule has 0 saturated heterocycles. The first-order chi connectivity index (χ1) is 43.8. The van der Waals surface area contributed by atoms with Crippen molar-refractivity contribution in [1.82, 2.24) is 29.7 Å². The fraction of sp³-hybridized carbons (Fsp3) is 0.486. The second-order valence-electron chi connectivity index (χ2n) is 26.1. The van der Waals surface area contributed by atoms with Crippen LogP contribution in [-0.4, -0.2) is 102 Å². The van der Waals surface area contributed by atoms with Crippen LogP contribution in [0.15, 0.2) is 46.0 Å². The van der Waals surface area contributed by atoms with E-state index in [-0.39, 0.29) is 136 Å². The molecule has 0 bridgehead atoms. The number of esters is 2. The van der Waals surface area contributed by atoms with E-state index >= 15 is 0 Å². The van der Waals surface area contributed by atoms with Crippen LogP contribution < -0.4 is 27.5 Å². The SMILES string of the molecule is C.C#CCOCCC(=O)C[C@H](C(=O)N[C@@H](C)C(=O)Cc1ccc2nc3c(c4c2c1CCC4)Cn1c-3cc2c(c1=O)COC(=O)[C@]2(O)CC)C(C)C.CC[C@@]1(O)C(=O)OCc2c1cc1n(c2=O)Cc2c-1nc1ccc(CC(=O)[C@H](C)NC(=O)[C@@H](N)C(C)C)c3c1c2CCC3. The molecule has 21 heteroatoms. The monoisotopic (exact) mass is 1270 g/mol. The first-order valence-corrected chi connectivity index (χ1v) is 32.1. The lowest BCUT2D eigenvalue weighted by Gasteiger charge is -2.31. The number of terminal acetylenes is 1. The molecular weight excluding hydrogens is 1190 g/mol. The lowest BCUT2D eigenvalue weighted by atomic mass is 9.83. The molecule has 6 aromatic rings. The van der Waals surface area contributed by atoms with Gasteiger partial charge in [-0.3, -0.25) is 33.6 Å². The molecule has 0 saturated carbocycles. The maximum Gasteiger partial charge on any atom is 0.343 e. The van der Waals surface area contributed by atoms with Crippen molar-refractivity contribution in [2.24, 2.45) is 23.5 Å². The number of nitrogens with zero attached hydrogens (tertiary/aromatic N) is 4. The van der Waals surface area contributed by atoms with Crippen molar-refractivity contribution in [2.75, 3.05) is 13.2 Å². The zero-order chi connectivity index (χ0) is 66.0. The number of benzene rings is 2. The van der Waals surface area contributed by atoms with Gasteiger partial charge in [0.05, 0.1) is 82.8 Å². The summed E-state index contributed by atoms with van der Waals surface area (Å²) in [5.74, 6) is -0.864. The highest BCUT2D eigenvalue weighted by atomic mass is 16.6. The zero-order valence-electron chi connectivity index (χ0n) is 53.4. The Morgan fingerprint density at radius 3 is 1.52 bits per heavy atom. The van der Waals surface area contributed by atoms with Gasteiger partial charge in [0.1, 0.15) is 25.6 Å². The third kappa shape index (κ3) is 11.9. The summed E-state index contributed by atoms with van der Waals surface area (Å²) in [4.78, 5) is 127. The molecule has 2 amide bonds. The number of amides is 2. The van der Waals surface area contributed by atoms with E-state index in [9.17, 15) is 53.4 Å². The van der Waals surface area contributed by atoms with Crippen LogP contribution in [0.3, 0.4) is 0 Å². The van der Waals surface area contributed by atoms with Crippen molar-refractivity contribution < 1.29 is 58.0 Å². The largest absolute Gasteiger partial charge is 0.458 e. The molecule has 21 nitrogen and oxygen atoms in total. The number of aryl methyl sites for hydroxylation is 4. The average molecular weight is 1270 g/mol. The molecule has 0 spiro atoms. The first kappa shape index (κ1) is 67.3. The molecule has 8 heterocycles. The summed E-state index contributed by atoms with van der Waals surface area (Å²) in [5, 5.41) is 30.0. The Morgan fingerprint density at radius 1 is 0.656 bits per heavy atom. The van der Waals surface area contributed by atoms with Crippen molar-refractivity contribution in [3.8, 4) is 35.1 Å². The number of carbonyl (C=O) groups is 7. The van der Waals surface area contributed by atoms with Gasteiger partial charge in [0, 0.05) is 64.6 Å². The predicted octanol–water partition coefficient (Wildman–Crippen LogP) is 6.26. The van der Waals surface area contributed by atoms with E-state index in [1.54, 1.807) is 49.0 Å². The molecular formula is C72H83N7O14. The van der Waals surface area contributed by atoms with Crippen molar-refractivity contribution in [1.29, 1.82) is 0 Å². The molecule has 2 aliphatic carbocycles. The van der Waals surface area contributed by atoms with Crippen molar-refractivity contribution in [2.45, 2.75) is 195 Å². The van der Waals surface area contributed by atoms with E-state index in [1.165, 1.54) is 0 Å². The molecule has 6 atom stereocenters. The zero-order valence-corrected chi connectivity index (χ0v) is 53.4. The van der Waals surface area contributed by atoms with Crippen LogP contribution in [0, 0.1) is 30.1 Å². The summed E-state index contributed by atoms with van der Waals surface area (Å²) in [6, 6.07) is 9.00. The molecule has 4 aliphatic heterocycles. The number of hydrogen-bond donors (Lipinski definition) is 5. The molecule has 0 radical (unpaired) electrons. The van der Waals surface area contributed by atoms with Gasteiger partial charge in [-0.05, 0) is 135 Å². The van der Waals surface area contributed by atoms with E-state index in [2.05, 4.69) is 16.6 Å². The summed E-state index contributed by atoms with van der Waals surface area (Å²) >= 11 is 0. The standard InChI is InChI=1S/C39H43N3O8.C32H36N4O6.CH4/c1-6-14-49-15-13-24(43)17-27(21(3)4)36(45)40-22(5)33(44)16-23-11-12-31-34-25(23)9-8-10-26(34)28-19-42-32(35(28)41-31)18-30-29(37(42)46)20-50-38(47)39(30,48)7-2;1-5-32(41)22-12-24-28-20(13-36(24)30(39)21(22)14-42-31(32)40)19-8-6-7-18-17(9-10-23(35-28)26(18)19)11-25(37)16(4)34-29(38)27(33)15(2)3;/h1,11-12,18,21-22,27,48H,7-10,13-17,19-20H2,2-5H3,(H,40,45);9-10,12,15-16,27,41H,5-8,11,13-14,33H2,1-4H3,(H,34,38);1H4/t22-,27-,39-;16-,27-,32-;/m00./s1. The Morgan fingerprint density at radius 2 is 1.10 bits per heavy atom. The van der Waals surface area contributed by atoms with E-state index in [0.717, 1.165) is 105 Å². The van der Waals surface area contributed by atoms with E-state index in [0.29, 0.717) is 47.0 Å². The van der Waals surface area contributed by atoms with Gasteiger partial charge in [0.2, 0.25) is 11.8 Å². The van der Waals surface area contributed by atoms with E-state index in [1.807, 2.05) is 52.0 Å². The summed E-state index contributed by atoms with van der Waals surface area (Å²) in [6.07, 6.45) is 10.8. The number of pyridine rings is 4. The lowest BCUT2D eigenvalue weighted by Crippen LogP contribution is -2.49. The number of hydrogen-bond acceptors (Lipinski definition) is 17. The van der Waals surface area contributed by atoms with Crippen LogP contribution in [0.4, 0.5) is 0 Å². The van der Waals surface area contributed by atoms with Gasteiger partial charge < -0.3 is 49.9 Å². The fourth-order valence-electron chi connectivity index (χ4n) is 14.2. The normalized spacial score (nSPS) is 19.0. The van der Waals surface area contributed by atoms with Gasteiger partial charge in [0.15, 0.2) is 22.8 Å². The molecule has 0 unspecified atom stereocenters. The number of aliphatic hydroxyl groups is 2. The minimum atomic E-state index is -1.90. The molecule has 4 aromatic heterocycles. The number of rotatable bonds is 20. The smallest absolute Gasteiger partial charge is 0.343 e. The minimum Gasteiger partial charge on any atom is -0.458 e. The molecule has 93 heavy (non-hydrogen) atoms. The Kier molecular flexibility index (Phi) is 19.2. The number of ether oxygens (including phenoxy) is 3. The molecule has 6 aliphatic rings. The van der Waals surface area contributed by atoms with Crippen LogP contribution in [0.2, 0.25) is 0 Å². The van der Waals surface area contributed by atoms with Crippen LogP contribution in [0.5, 0.6) is 0 Å². The second kappa shape index (κ2) is 26.5. The maximum atomic E-state index is 13.7. The van der Waals surface area contributed by atoms with Gasteiger partial charge in [-0.15, -0.1) is 6.42 Å². The lowest BCUT2D eigenvalue weighted by molar-refractivity contribution is -0.172. The highest BCUT2D eigenvalue weighted by Gasteiger charge is 2.47. The average Bonchev–Trinajstić information content (AvgIpc) is 1.61. The predicted molar refractivity (Wildman–Crippen MR) is 347 cm³/mol. The van der Waals surface area contributed by atoms with Crippen LogP contribution in [0.1, 0.15) is 168 Å². The third-order valence-electron chi connectivity index (χ3n) is 19.8. The molecule has 0 fully saturated rings. The third-order valence-corrected chi connectivity index (χ3v) is 19.8. The quantitative estimate of drug-likeness (QED) is 0.0319. The number of carbonyl (C=O) groups excluding carboxylic acids is 7. The number of cyclic esters (lactones) is 2. The molecule has 2 aromatic carbocycles. The fourth-order valence-corrected chi connectivity index (χ4v) is 14.2. The van der Waals surface area contributed by atoms with Gasteiger partial charge in [-0.1, -0.05) is 67.0 Å². The summed E-state index contributed by atoms with van der Waals surface area (Å²) < 4.78 is 18.9. The number of Topliss-reactive ketones (excluding diaryl/α,β-unsaturated/α-hetero) is 3. The second-order valence-corrected chi connectivity index (χ2v) is 26.1. The number of ketones is 3. The number of nitrogens with one attached hydrogen (secondary N) is 2. The van der Waals surface area contributed by atoms with Crippen molar-refractivity contribution in [3.05, 3.63) is 124 Å². The van der Waals surface area contributed by atoms with Crippen LogP contribution in [-0.2, 0) is 124 Å². The minimum absolute atomic E-state index is 0. The molecule has 490 valence electrons. The molecule has 12 rings (SSSR count). The van der Waals surface area contributed by atoms with Gasteiger partial charge in [-0.2, -0.15) is 0 Å². The summed E-state index contributed by atoms with van der Waals surface area (Å²) in [6.45, 7) is 14.8. The Balaban J connectivity index is 0.000000204.